The molecule has 0 bridgehead atoms. The first kappa shape index (κ1) is 27.8. The molecule has 1 unspecified atom stereocenters. The van der Waals surface area contributed by atoms with Crippen LogP contribution in [-0.2, 0) is 30.3 Å². The van der Waals surface area contributed by atoms with Gasteiger partial charge in [-0.25, -0.2) is 4.79 Å². The van der Waals surface area contributed by atoms with Gasteiger partial charge in [-0.1, -0.05) is 62.4 Å². The van der Waals surface area contributed by atoms with Crippen LogP contribution in [0.5, 0.6) is 0 Å². The average molecular weight is 511 g/mol. The topological polar surface area (TPSA) is 63.2 Å². The molecule has 2 fully saturated rings. The molecule has 2 aliphatic rings. The van der Waals surface area contributed by atoms with Crippen LogP contribution in [0, 0.1) is 12.8 Å². The fourth-order valence-electron chi connectivity index (χ4n) is 5.44. The first-order valence-electron chi connectivity index (χ1n) is 13.6. The fourth-order valence-corrected chi connectivity index (χ4v) is 5.44. The molecule has 2 aromatic rings. The summed E-state index contributed by atoms with van der Waals surface area (Å²) in [5.41, 5.74) is 4.58. The second-order valence-electron chi connectivity index (χ2n) is 10.8. The summed E-state index contributed by atoms with van der Waals surface area (Å²) in [6.45, 7) is 7.95. The zero-order chi connectivity index (χ0) is 26.3. The molecule has 1 saturated carbocycles. The number of hydrogen-bond acceptors (Lipinski definition) is 6. The molecule has 1 saturated heterocycles. The molecule has 37 heavy (non-hydrogen) atoms. The molecule has 2 aromatic carbocycles. The van der Waals surface area contributed by atoms with Crippen molar-refractivity contribution in [2.24, 2.45) is 5.92 Å². The molecule has 6 heteroatoms. The number of ether oxygens (including phenoxy) is 5. The third kappa shape index (κ3) is 7.87. The Balaban J connectivity index is 1.44. The molecule has 202 valence electrons. The van der Waals surface area contributed by atoms with E-state index >= 15 is 0 Å². The summed E-state index contributed by atoms with van der Waals surface area (Å²) < 4.78 is 29.2. The van der Waals surface area contributed by atoms with Crippen molar-refractivity contribution >= 4 is 5.97 Å². The van der Waals surface area contributed by atoms with Gasteiger partial charge in [0.05, 0.1) is 45.2 Å². The first-order valence-corrected chi connectivity index (χ1v) is 13.6. The number of aryl methyl sites for hydroxylation is 1. The molecular weight excluding hydrogens is 468 g/mol. The Hall–Kier alpha value is -2.25. The molecule has 0 amide bonds. The van der Waals surface area contributed by atoms with E-state index in [0.717, 1.165) is 28.7 Å². The second kappa shape index (κ2) is 13.0. The molecule has 1 aliphatic carbocycles. The maximum Gasteiger partial charge on any atom is 0.338 e. The number of benzene rings is 2. The van der Waals surface area contributed by atoms with Crippen molar-refractivity contribution in [3.8, 4) is 11.1 Å². The molecule has 1 heterocycles. The van der Waals surface area contributed by atoms with E-state index in [0.29, 0.717) is 37.9 Å². The van der Waals surface area contributed by atoms with Crippen molar-refractivity contribution in [2.75, 3.05) is 26.9 Å². The van der Waals surface area contributed by atoms with Crippen molar-refractivity contribution in [3.05, 3.63) is 59.2 Å². The van der Waals surface area contributed by atoms with Gasteiger partial charge in [0.1, 0.15) is 6.10 Å². The molecule has 0 N–H and O–H groups in total. The van der Waals surface area contributed by atoms with Crippen molar-refractivity contribution in [2.45, 2.75) is 83.9 Å². The molecule has 1 aliphatic heterocycles. The van der Waals surface area contributed by atoms with E-state index in [9.17, 15) is 4.79 Å². The minimum absolute atomic E-state index is 0.000580. The Morgan fingerprint density at radius 2 is 1.86 bits per heavy atom. The minimum Gasteiger partial charge on any atom is -0.465 e. The van der Waals surface area contributed by atoms with Crippen LogP contribution in [-0.4, -0.2) is 50.9 Å². The number of carbonyl (C=O) groups is 1. The van der Waals surface area contributed by atoms with Crippen LogP contribution in [0.3, 0.4) is 0 Å². The lowest BCUT2D eigenvalue weighted by atomic mass is 9.85. The van der Waals surface area contributed by atoms with E-state index < -0.39 is 5.79 Å². The largest absolute Gasteiger partial charge is 0.465 e. The van der Waals surface area contributed by atoms with E-state index in [1.807, 2.05) is 44.2 Å². The smallest absolute Gasteiger partial charge is 0.338 e. The average Bonchev–Trinajstić information content (AvgIpc) is 3.25. The molecule has 0 spiro atoms. The normalized spacial score (nSPS) is 20.6. The van der Waals surface area contributed by atoms with Gasteiger partial charge in [0.15, 0.2) is 5.79 Å². The van der Waals surface area contributed by atoms with Crippen LogP contribution in [0.25, 0.3) is 11.1 Å². The van der Waals surface area contributed by atoms with Crippen molar-refractivity contribution < 1.29 is 28.5 Å². The fraction of sp³-hybridized carbons (Fsp3) is 0.581. The Morgan fingerprint density at radius 3 is 2.57 bits per heavy atom. The van der Waals surface area contributed by atoms with E-state index in [2.05, 4.69) is 19.1 Å². The predicted molar refractivity (Wildman–Crippen MR) is 143 cm³/mol. The lowest BCUT2D eigenvalue weighted by Gasteiger charge is -2.27. The summed E-state index contributed by atoms with van der Waals surface area (Å²) in [6.07, 6.45) is 7.41. The quantitative estimate of drug-likeness (QED) is 0.323. The standard InChI is InChI=1S/C31H42O6/c1-22-10-8-9-13-27(22)29-17-24(14-15-28(29)30(32)33-4)18-35-25(16-23-11-6-5-7-12-23)19-34-20-26-21-36-31(2,3)37-26/h8-10,13-15,17,23,25-26H,5-7,11-12,16,18-21H2,1-4H3/t25-,26?/m0/s1. The Kier molecular flexibility index (Phi) is 9.77. The Labute approximate surface area is 221 Å². The maximum absolute atomic E-state index is 12.5. The lowest BCUT2D eigenvalue weighted by Crippen LogP contribution is -2.28. The van der Waals surface area contributed by atoms with Crippen LogP contribution in [0.15, 0.2) is 42.5 Å². The van der Waals surface area contributed by atoms with Crippen LogP contribution >= 0.6 is 0 Å². The van der Waals surface area contributed by atoms with Crippen LogP contribution in [0.1, 0.15) is 73.9 Å². The second-order valence-corrected chi connectivity index (χ2v) is 10.8. The van der Waals surface area contributed by atoms with Gasteiger partial charge in [-0.15, -0.1) is 0 Å². The van der Waals surface area contributed by atoms with Gasteiger partial charge in [0.2, 0.25) is 0 Å². The molecule has 0 aromatic heterocycles. The summed E-state index contributed by atoms with van der Waals surface area (Å²) in [4.78, 5) is 12.5. The maximum atomic E-state index is 12.5. The zero-order valence-corrected chi connectivity index (χ0v) is 22.8. The van der Waals surface area contributed by atoms with Crippen LogP contribution < -0.4 is 0 Å². The van der Waals surface area contributed by atoms with Crippen molar-refractivity contribution in [1.82, 2.24) is 0 Å². The van der Waals surface area contributed by atoms with Gasteiger partial charge in [-0.2, -0.15) is 0 Å². The minimum atomic E-state index is -0.544. The monoisotopic (exact) mass is 510 g/mol. The zero-order valence-electron chi connectivity index (χ0n) is 22.8. The van der Waals surface area contributed by atoms with Gasteiger partial charge in [-0.05, 0) is 67.5 Å². The van der Waals surface area contributed by atoms with Gasteiger partial charge in [0.25, 0.3) is 0 Å². The first-order chi connectivity index (χ1) is 17.8. The van der Waals surface area contributed by atoms with E-state index in [1.54, 1.807) is 0 Å². The van der Waals surface area contributed by atoms with Gasteiger partial charge in [-0.3, -0.25) is 0 Å². The van der Waals surface area contributed by atoms with Gasteiger partial charge < -0.3 is 23.7 Å². The van der Waals surface area contributed by atoms with Gasteiger partial charge in [0, 0.05) is 0 Å². The van der Waals surface area contributed by atoms with Gasteiger partial charge >= 0.3 is 5.97 Å². The highest BCUT2D eigenvalue weighted by molar-refractivity contribution is 5.97. The molecular formula is C31H42O6. The summed E-state index contributed by atoms with van der Waals surface area (Å²) in [6, 6.07) is 13.9. The van der Waals surface area contributed by atoms with E-state index in [-0.39, 0.29) is 18.2 Å². The van der Waals surface area contributed by atoms with E-state index in [1.165, 1.54) is 39.2 Å². The number of esters is 1. The molecule has 0 radical (unpaired) electrons. The number of rotatable bonds is 11. The third-order valence-electron chi connectivity index (χ3n) is 7.41. The molecule has 6 nitrogen and oxygen atoms in total. The number of hydrogen-bond donors (Lipinski definition) is 0. The van der Waals surface area contributed by atoms with Crippen molar-refractivity contribution in [1.29, 1.82) is 0 Å². The van der Waals surface area contributed by atoms with Crippen LogP contribution in [0.2, 0.25) is 0 Å². The third-order valence-corrected chi connectivity index (χ3v) is 7.41. The highest BCUT2D eigenvalue weighted by Crippen LogP contribution is 2.31. The lowest BCUT2D eigenvalue weighted by molar-refractivity contribution is -0.147. The number of methoxy groups -OCH3 is 1. The Bertz CT molecular complexity index is 1030. The SMILES string of the molecule is COC(=O)c1ccc(CO[C@H](COCC2COC(C)(C)O2)CC2CCCCC2)cc1-c1ccccc1C. The Morgan fingerprint density at radius 1 is 1.08 bits per heavy atom. The summed E-state index contributed by atoms with van der Waals surface area (Å²) >= 11 is 0. The predicted octanol–water partition coefficient (Wildman–Crippen LogP) is 6.47. The van der Waals surface area contributed by atoms with Crippen LogP contribution in [0.4, 0.5) is 0 Å². The summed E-state index contributed by atoms with van der Waals surface area (Å²) in [5, 5.41) is 0. The summed E-state index contributed by atoms with van der Waals surface area (Å²) in [5.74, 6) is -0.204. The van der Waals surface area contributed by atoms with Crippen molar-refractivity contribution in [3.63, 3.8) is 0 Å². The highest BCUT2D eigenvalue weighted by Gasteiger charge is 2.33. The molecule has 4 rings (SSSR count). The highest BCUT2D eigenvalue weighted by atomic mass is 16.7. The number of carbonyl (C=O) groups excluding carboxylic acids is 1. The van der Waals surface area contributed by atoms with E-state index in [4.69, 9.17) is 23.7 Å². The molecule has 2 atom stereocenters. The summed E-state index contributed by atoms with van der Waals surface area (Å²) in [7, 11) is 1.42.